The highest BCUT2D eigenvalue weighted by molar-refractivity contribution is 7.98. The van der Waals surface area contributed by atoms with Crippen molar-refractivity contribution in [3.63, 3.8) is 0 Å². The van der Waals surface area contributed by atoms with E-state index in [0.717, 1.165) is 22.7 Å². The number of thioether (sulfide) groups is 1. The number of hydrogen-bond acceptors (Lipinski definition) is 6. The molecule has 0 radical (unpaired) electrons. The third kappa shape index (κ3) is 5.81. The van der Waals surface area contributed by atoms with Crippen LogP contribution in [0.25, 0.3) is 17.1 Å². The first-order chi connectivity index (χ1) is 16.4. The average Bonchev–Trinajstić information content (AvgIpc) is 3.45. The van der Waals surface area contributed by atoms with Gasteiger partial charge in [0, 0.05) is 17.5 Å². The summed E-state index contributed by atoms with van der Waals surface area (Å²) in [5.74, 6) is 1.53. The SMILES string of the molecule is CC(C)CCNC(=O)c1csc(CSc2nnc(-c3ccccc3Cl)n2-c2ccccc2Cl)n1. The summed E-state index contributed by atoms with van der Waals surface area (Å²) in [7, 11) is 0. The van der Waals surface area contributed by atoms with Gasteiger partial charge < -0.3 is 5.32 Å². The maximum Gasteiger partial charge on any atom is 0.270 e. The van der Waals surface area contributed by atoms with Crippen molar-refractivity contribution in [2.75, 3.05) is 6.54 Å². The van der Waals surface area contributed by atoms with E-state index in [1.54, 1.807) is 5.38 Å². The number of nitrogens with one attached hydrogen (secondary N) is 1. The molecule has 2 heterocycles. The molecule has 0 fully saturated rings. The fourth-order valence-corrected chi connectivity index (χ4v) is 5.38. The second-order valence-corrected chi connectivity index (χ2v) is 10.6. The van der Waals surface area contributed by atoms with Gasteiger partial charge in [-0.05, 0) is 36.6 Å². The van der Waals surface area contributed by atoms with Crippen LogP contribution in [0, 0.1) is 5.92 Å². The maximum absolute atomic E-state index is 12.4. The fraction of sp³-hybridized carbons (Fsp3) is 0.250. The molecule has 4 rings (SSSR count). The lowest BCUT2D eigenvalue weighted by Crippen LogP contribution is -2.25. The van der Waals surface area contributed by atoms with Crippen LogP contribution in [0.5, 0.6) is 0 Å². The normalized spacial score (nSPS) is 11.2. The number of halogens is 2. The molecule has 0 bridgehead atoms. The van der Waals surface area contributed by atoms with Crippen molar-refractivity contribution in [3.05, 3.63) is 74.7 Å². The minimum absolute atomic E-state index is 0.145. The van der Waals surface area contributed by atoms with E-state index in [9.17, 15) is 4.79 Å². The fourth-order valence-electron chi connectivity index (χ4n) is 3.20. The van der Waals surface area contributed by atoms with Crippen LogP contribution >= 0.6 is 46.3 Å². The van der Waals surface area contributed by atoms with Gasteiger partial charge in [-0.3, -0.25) is 9.36 Å². The number of nitrogens with zero attached hydrogens (tertiary/aromatic N) is 4. The largest absolute Gasteiger partial charge is 0.351 e. The Balaban J connectivity index is 1.57. The summed E-state index contributed by atoms with van der Waals surface area (Å²) < 4.78 is 1.90. The average molecular weight is 533 g/mol. The van der Waals surface area contributed by atoms with Gasteiger partial charge in [0.2, 0.25) is 0 Å². The molecular weight excluding hydrogens is 509 g/mol. The smallest absolute Gasteiger partial charge is 0.270 e. The van der Waals surface area contributed by atoms with E-state index in [4.69, 9.17) is 23.2 Å². The van der Waals surface area contributed by atoms with Crippen LogP contribution in [0.1, 0.15) is 35.8 Å². The number of thiazole rings is 1. The highest BCUT2D eigenvalue weighted by Gasteiger charge is 2.20. The van der Waals surface area contributed by atoms with E-state index in [0.29, 0.717) is 44.9 Å². The number of rotatable bonds is 9. The predicted octanol–water partition coefficient (Wildman–Crippen LogP) is 6.77. The molecule has 1 amide bonds. The summed E-state index contributed by atoms with van der Waals surface area (Å²) in [4.78, 5) is 16.9. The van der Waals surface area contributed by atoms with Gasteiger partial charge in [-0.25, -0.2) is 4.98 Å². The van der Waals surface area contributed by atoms with E-state index in [-0.39, 0.29) is 5.91 Å². The van der Waals surface area contributed by atoms with Crippen LogP contribution < -0.4 is 5.32 Å². The second-order valence-electron chi connectivity index (χ2n) is 7.93. The lowest BCUT2D eigenvalue weighted by Gasteiger charge is -2.12. The predicted molar refractivity (Wildman–Crippen MR) is 140 cm³/mol. The minimum Gasteiger partial charge on any atom is -0.351 e. The number of amides is 1. The third-order valence-electron chi connectivity index (χ3n) is 4.96. The zero-order chi connectivity index (χ0) is 24.1. The molecule has 6 nitrogen and oxygen atoms in total. The first-order valence-corrected chi connectivity index (χ1v) is 13.4. The van der Waals surface area contributed by atoms with Crippen LogP contribution in [-0.4, -0.2) is 32.2 Å². The summed E-state index contributed by atoms with van der Waals surface area (Å²) >= 11 is 15.9. The molecule has 0 saturated heterocycles. The standard InChI is InChI=1S/C24H23Cl2N5OS2/c1-15(2)11-12-27-23(32)19-13-33-21(28-19)14-34-24-30-29-22(16-7-3-4-8-17(16)25)31(24)20-10-6-5-9-18(20)26/h3-10,13,15H,11-12,14H2,1-2H3,(H,27,32). The Kier molecular flexibility index (Phi) is 8.26. The van der Waals surface area contributed by atoms with Gasteiger partial charge in [-0.1, -0.05) is 73.1 Å². The number of para-hydroxylation sites is 1. The summed E-state index contributed by atoms with van der Waals surface area (Å²) in [5.41, 5.74) is 1.96. The van der Waals surface area contributed by atoms with E-state index in [2.05, 4.69) is 34.3 Å². The number of benzene rings is 2. The number of hydrogen-bond donors (Lipinski definition) is 1. The van der Waals surface area contributed by atoms with Gasteiger partial charge in [0.05, 0.1) is 21.5 Å². The molecule has 0 saturated carbocycles. The van der Waals surface area contributed by atoms with Crippen molar-refractivity contribution >= 4 is 52.2 Å². The van der Waals surface area contributed by atoms with Crippen LogP contribution in [0.2, 0.25) is 10.0 Å². The summed E-state index contributed by atoms with van der Waals surface area (Å²) in [6, 6.07) is 15.0. The van der Waals surface area contributed by atoms with Gasteiger partial charge in [-0.2, -0.15) is 0 Å². The topological polar surface area (TPSA) is 72.7 Å². The molecule has 0 aliphatic heterocycles. The molecule has 34 heavy (non-hydrogen) atoms. The molecule has 2 aromatic heterocycles. The summed E-state index contributed by atoms with van der Waals surface area (Å²) in [5, 5.41) is 16.2. The van der Waals surface area contributed by atoms with Gasteiger partial charge in [-0.15, -0.1) is 21.5 Å². The monoisotopic (exact) mass is 531 g/mol. The molecule has 0 spiro atoms. The molecular formula is C24H23Cl2N5OS2. The van der Waals surface area contributed by atoms with Crippen molar-refractivity contribution in [1.29, 1.82) is 0 Å². The number of carbonyl (C=O) groups excluding carboxylic acids is 1. The lowest BCUT2D eigenvalue weighted by molar-refractivity contribution is 0.0947. The second kappa shape index (κ2) is 11.4. The van der Waals surface area contributed by atoms with Gasteiger partial charge in [0.1, 0.15) is 10.7 Å². The number of aromatic nitrogens is 4. The Bertz CT molecular complexity index is 1290. The highest BCUT2D eigenvalue weighted by Crippen LogP contribution is 2.35. The van der Waals surface area contributed by atoms with Crippen molar-refractivity contribution in [2.45, 2.75) is 31.2 Å². The van der Waals surface area contributed by atoms with Crippen molar-refractivity contribution in [2.24, 2.45) is 5.92 Å². The summed E-state index contributed by atoms with van der Waals surface area (Å²) in [6.45, 7) is 4.90. The Morgan fingerprint density at radius 1 is 1.09 bits per heavy atom. The molecule has 10 heteroatoms. The summed E-state index contributed by atoms with van der Waals surface area (Å²) in [6.07, 6.45) is 0.935. The maximum atomic E-state index is 12.4. The zero-order valence-corrected chi connectivity index (χ0v) is 21.8. The van der Waals surface area contributed by atoms with Crippen LogP contribution in [0.15, 0.2) is 59.1 Å². The van der Waals surface area contributed by atoms with Crippen molar-refractivity contribution in [1.82, 2.24) is 25.1 Å². The van der Waals surface area contributed by atoms with Gasteiger partial charge in [0.15, 0.2) is 11.0 Å². The molecule has 4 aromatic rings. The molecule has 0 unspecified atom stereocenters. The van der Waals surface area contributed by atoms with Crippen molar-refractivity contribution in [3.8, 4) is 17.1 Å². The Morgan fingerprint density at radius 2 is 1.82 bits per heavy atom. The lowest BCUT2D eigenvalue weighted by atomic mass is 10.1. The highest BCUT2D eigenvalue weighted by atomic mass is 35.5. The van der Waals surface area contributed by atoms with Crippen LogP contribution in [0.3, 0.4) is 0 Å². The third-order valence-corrected chi connectivity index (χ3v) is 7.58. The van der Waals surface area contributed by atoms with Gasteiger partial charge >= 0.3 is 0 Å². The molecule has 0 atom stereocenters. The molecule has 0 aliphatic carbocycles. The zero-order valence-electron chi connectivity index (χ0n) is 18.7. The van der Waals surface area contributed by atoms with E-state index in [1.165, 1.54) is 23.1 Å². The Morgan fingerprint density at radius 3 is 2.56 bits per heavy atom. The van der Waals surface area contributed by atoms with E-state index < -0.39 is 0 Å². The molecule has 1 N–H and O–H groups in total. The van der Waals surface area contributed by atoms with Crippen LogP contribution in [0.4, 0.5) is 0 Å². The van der Waals surface area contributed by atoms with E-state index >= 15 is 0 Å². The Labute approximate surface area is 216 Å². The molecule has 176 valence electrons. The van der Waals surface area contributed by atoms with Crippen LogP contribution in [-0.2, 0) is 5.75 Å². The molecule has 0 aliphatic rings. The quantitative estimate of drug-likeness (QED) is 0.241. The molecule has 2 aromatic carbocycles. The Hall–Kier alpha value is -2.39. The number of carbonyl (C=O) groups is 1. The minimum atomic E-state index is -0.145. The van der Waals surface area contributed by atoms with Crippen molar-refractivity contribution < 1.29 is 4.79 Å². The first-order valence-electron chi connectivity index (χ1n) is 10.7. The van der Waals surface area contributed by atoms with E-state index in [1.807, 2.05) is 53.1 Å². The van der Waals surface area contributed by atoms with Gasteiger partial charge in [0.25, 0.3) is 5.91 Å². The first kappa shape index (κ1) is 24.7.